The maximum atomic E-state index is 11.3. The molecule has 0 spiro atoms. The third-order valence-corrected chi connectivity index (χ3v) is 3.98. The molecule has 1 unspecified atom stereocenters. The lowest BCUT2D eigenvalue weighted by Gasteiger charge is -2.19. The van der Waals surface area contributed by atoms with Gasteiger partial charge in [-0.2, -0.15) is 0 Å². The number of benzene rings is 1. The third-order valence-electron chi connectivity index (χ3n) is 3.98. The van der Waals surface area contributed by atoms with E-state index >= 15 is 0 Å². The van der Waals surface area contributed by atoms with Crippen LogP contribution in [0.2, 0.25) is 0 Å². The van der Waals surface area contributed by atoms with Crippen molar-refractivity contribution in [3.8, 4) is 5.75 Å². The molecule has 2 N–H and O–H groups in total. The van der Waals surface area contributed by atoms with Crippen molar-refractivity contribution in [2.45, 2.75) is 46.1 Å². The van der Waals surface area contributed by atoms with E-state index in [0.29, 0.717) is 0 Å². The van der Waals surface area contributed by atoms with Gasteiger partial charge in [-0.05, 0) is 36.6 Å². The highest BCUT2D eigenvalue weighted by molar-refractivity contribution is 5.95. The number of carbonyl (C=O) groups excluding carboxylic acids is 1. The molecule has 1 aliphatic rings. The van der Waals surface area contributed by atoms with Crippen LogP contribution in [0.15, 0.2) is 18.2 Å². The van der Waals surface area contributed by atoms with Crippen LogP contribution in [0, 0.1) is 5.92 Å². The maximum Gasteiger partial charge on any atom is 0.262 e. The van der Waals surface area contributed by atoms with Crippen LogP contribution >= 0.6 is 0 Å². The number of hydrogen-bond donors (Lipinski definition) is 2. The van der Waals surface area contributed by atoms with Gasteiger partial charge in [-0.1, -0.05) is 39.2 Å². The number of nitrogens with one attached hydrogen (secondary N) is 2. The molecule has 0 aliphatic carbocycles. The number of carbonyl (C=O) groups is 1. The fraction of sp³-hybridized carbons (Fsp3) is 0.588. The smallest absolute Gasteiger partial charge is 0.262 e. The van der Waals surface area contributed by atoms with E-state index < -0.39 is 0 Å². The summed E-state index contributed by atoms with van der Waals surface area (Å²) in [4.78, 5) is 11.3. The summed E-state index contributed by atoms with van der Waals surface area (Å²) in [6.07, 6.45) is 5.10. The van der Waals surface area contributed by atoms with Crippen molar-refractivity contribution >= 4 is 11.6 Å². The largest absolute Gasteiger partial charge is 0.482 e. The van der Waals surface area contributed by atoms with Crippen molar-refractivity contribution < 1.29 is 9.53 Å². The van der Waals surface area contributed by atoms with Crippen molar-refractivity contribution in [2.75, 3.05) is 18.5 Å². The predicted octanol–water partition coefficient (Wildman–Crippen LogP) is 3.32. The number of fused-ring (bicyclic) bond motifs is 1. The Labute approximate surface area is 127 Å². The Morgan fingerprint density at radius 2 is 2.24 bits per heavy atom. The van der Waals surface area contributed by atoms with Crippen LogP contribution in [0.3, 0.4) is 0 Å². The zero-order valence-electron chi connectivity index (χ0n) is 13.1. The summed E-state index contributed by atoms with van der Waals surface area (Å²) in [5.41, 5.74) is 1.95. The van der Waals surface area contributed by atoms with Crippen LogP contribution in [0.25, 0.3) is 0 Å². The van der Waals surface area contributed by atoms with E-state index in [1.165, 1.54) is 31.2 Å². The summed E-state index contributed by atoms with van der Waals surface area (Å²) < 4.78 is 5.36. The lowest BCUT2D eigenvalue weighted by molar-refractivity contribution is -0.118. The molecule has 0 saturated heterocycles. The van der Waals surface area contributed by atoms with Crippen LogP contribution in [-0.2, 0) is 11.3 Å². The summed E-state index contributed by atoms with van der Waals surface area (Å²) in [6.45, 7) is 6.49. The van der Waals surface area contributed by atoms with Gasteiger partial charge >= 0.3 is 0 Å². The lowest BCUT2D eigenvalue weighted by atomic mass is 9.99. The molecular weight excluding hydrogens is 264 g/mol. The minimum Gasteiger partial charge on any atom is -0.482 e. The number of anilines is 1. The van der Waals surface area contributed by atoms with Crippen LogP contribution in [0.5, 0.6) is 5.75 Å². The average Bonchev–Trinajstić information content (AvgIpc) is 2.50. The normalized spacial score (nSPS) is 15.0. The summed E-state index contributed by atoms with van der Waals surface area (Å²) in [5, 5.41) is 6.37. The molecule has 1 heterocycles. The van der Waals surface area contributed by atoms with Crippen molar-refractivity contribution in [3.63, 3.8) is 0 Å². The van der Waals surface area contributed by atoms with Crippen molar-refractivity contribution in [1.29, 1.82) is 0 Å². The van der Waals surface area contributed by atoms with Crippen molar-refractivity contribution in [3.05, 3.63) is 23.8 Å². The Kier molecular flexibility index (Phi) is 6.05. The molecule has 21 heavy (non-hydrogen) atoms. The molecule has 4 nitrogen and oxygen atoms in total. The molecule has 1 aliphatic heterocycles. The Morgan fingerprint density at radius 3 is 3.00 bits per heavy atom. The van der Waals surface area contributed by atoms with Gasteiger partial charge in [0.15, 0.2) is 6.61 Å². The van der Waals surface area contributed by atoms with Crippen LogP contribution in [-0.4, -0.2) is 19.1 Å². The molecule has 1 aromatic carbocycles. The van der Waals surface area contributed by atoms with Crippen LogP contribution in [0.4, 0.5) is 5.69 Å². The second kappa shape index (κ2) is 8.03. The van der Waals surface area contributed by atoms with Crippen molar-refractivity contribution in [2.24, 2.45) is 5.92 Å². The molecule has 0 fully saturated rings. The van der Waals surface area contributed by atoms with Crippen molar-refractivity contribution in [1.82, 2.24) is 5.32 Å². The van der Waals surface area contributed by atoms with E-state index in [4.69, 9.17) is 4.74 Å². The molecule has 2 rings (SSSR count). The Bertz CT molecular complexity index is 474. The van der Waals surface area contributed by atoms with Gasteiger partial charge in [-0.3, -0.25) is 4.79 Å². The second-order valence-electron chi connectivity index (χ2n) is 5.71. The van der Waals surface area contributed by atoms with Gasteiger partial charge in [0.2, 0.25) is 0 Å². The highest BCUT2D eigenvalue weighted by atomic mass is 16.5. The minimum atomic E-state index is -0.0850. The highest BCUT2D eigenvalue weighted by Gasteiger charge is 2.15. The van der Waals surface area contributed by atoms with Gasteiger partial charge in [0.1, 0.15) is 5.75 Å². The van der Waals surface area contributed by atoms with Gasteiger partial charge in [0, 0.05) is 6.54 Å². The summed E-state index contributed by atoms with van der Waals surface area (Å²) >= 11 is 0. The molecule has 1 aromatic rings. The van der Waals surface area contributed by atoms with Gasteiger partial charge in [-0.15, -0.1) is 0 Å². The number of amides is 1. The number of ether oxygens (including phenoxy) is 1. The van der Waals surface area contributed by atoms with E-state index in [-0.39, 0.29) is 12.5 Å². The van der Waals surface area contributed by atoms with Gasteiger partial charge < -0.3 is 15.4 Å². The first-order valence-electron chi connectivity index (χ1n) is 7.99. The molecule has 0 radical (unpaired) electrons. The van der Waals surface area contributed by atoms with E-state index in [2.05, 4.69) is 30.5 Å². The standard InChI is InChI=1S/C17H26N2O2/c1-3-5-6-13(4-2)10-18-11-14-7-8-16-15(9-14)19-17(20)12-21-16/h7-9,13,18H,3-6,10-12H2,1-2H3,(H,19,20). The molecule has 0 bridgehead atoms. The lowest BCUT2D eigenvalue weighted by Crippen LogP contribution is -2.26. The second-order valence-corrected chi connectivity index (χ2v) is 5.71. The first kappa shape index (κ1) is 15.8. The minimum absolute atomic E-state index is 0.0850. The molecular formula is C17H26N2O2. The summed E-state index contributed by atoms with van der Waals surface area (Å²) in [6, 6.07) is 5.98. The molecule has 0 saturated carbocycles. The van der Waals surface area contributed by atoms with Gasteiger partial charge in [-0.25, -0.2) is 0 Å². The monoisotopic (exact) mass is 290 g/mol. The maximum absolute atomic E-state index is 11.3. The summed E-state index contributed by atoms with van der Waals surface area (Å²) in [5.74, 6) is 1.43. The first-order valence-corrected chi connectivity index (χ1v) is 7.99. The van der Waals surface area contributed by atoms with E-state index in [1.807, 2.05) is 12.1 Å². The van der Waals surface area contributed by atoms with Crippen LogP contribution < -0.4 is 15.4 Å². The van der Waals surface area contributed by atoms with E-state index in [1.54, 1.807) is 0 Å². The van der Waals surface area contributed by atoms with E-state index in [0.717, 1.165) is 30.4 Å². The average molecular weight is 290 g/mol. The molecule has 1 amide bonds. The molecule has 4 heteroatoms. The topological polar surface area (TPSA) is 50.4 Å². The zero-order chi connectivity index (χ0) is 15.1. The number of rotatable bonds is 8. The zero-order valence-corrected chi connectivity index (χ0v) is 13.1. The fourth-order valence-electron chi connectivity index (χ4n) is 2.60. The Balaban J connectivity index is 1.83. The quantitative estimate of drug-likeness (QED) is 0.772. The molecule has 116 valence electrons. The summed E-state index contributed by atoms with van der Waals surface area (Å²) in [7, 11) is 0. The molecule has 1 atom stereocenters. The highest BCUT2D eigenvalue weighted by Crippen LogP contribution is 2.28. The van der Waals surface area contributed by atoms with Crippen LogP contribution in [0.1, 0.15) is 45.1 Å². The fourth-order valence-corrected chi connectivity index (χ4v) is 2.60. The van der Waals surface area contributed by atoms with Gasteiger partial charge in [0.25, 0.3) is 5.91 Å². The number of unbranched alkanes of at least 4 members (excludes halogenated alkanes) is 1. The first-order chi connectivity index (χ1) is 10.2. The van der Waals surface area contributed by atoms with Gasteiger partial charge in [0.05, 0.1) is 5.69 Å². The Morgan fingerprint density at radius 1 is 1.38 bits per heavy atom. The predicted molar refractivity (Wildman–Crippen MR) is 85.6 cm³/mol. The SMILES string of the molecule is CCCCC(CC)CNCc1ccc2c(c1)NC(=O)CO2. The number of hydrogen-bond acceptors (Lipinski definition) is 3. The molecule has 0 aromatic heterocycles. The third kappa shape index (κ3) is 4.74. The Hall–Kier alpha value is -1.55. The van der Waals surface area contributed by atoms with E-state index in [9.17, 15) is 4.79 Å².